The molecule has 0 bridgehead atoms. The second-order valence-corrected chi connectivity index (χ2v) is 6.36. The van der Waals surface area contributed by atoms with Crippen molar-refractivity contribution >= 4 is 17.3 Å². The van der Waals surface area contributed by atoms with Gasteiger partial charge in [-0.05, 0) is 24.7 Å². The van der Waals surface area contributed by atoms with Crippen molar-refractivity contribution in [3.63, 3.8) is 0 Å². The first-order chi connectivity index (χ1) is 8.91. The highest BCUT2D eigenvalue weighted by Crippen LogP contribution is 2.35. The molecule has 1 saturated carbocycles. The Hall–Kier alpha value is -0.990. The third kappa shape index (κ3) is 4.55. The molecule has 108 valence electrons. The van der Waals surface area contributed by atoms with Crippen LogP contribution in [-0.2, 0) is 9.59 Å². The highest BCUT2D eigenvalue weighted by Gasteiger charge is 2.41. The molecule has 19 heavy (non-hydrogen) atoms. The zero-order valence-electron chi connectivity index (χ0n) is 12.8. The molecule has 0 amide bonds. The van der Waals surface area contributed by atoms with Gasteiger partial charge in [-0.25, -0.2) is 0 Å². The van der Waals surface area contributed by atoms with E-state index in [4.69, 9.17) is 0 Å². The van der Waals surface area contributed by atoms with Crippen LogP contribution in [0.5, 0.6) is 0 Å². The molecule has 0 radical (unpaired) electrons. The largest absolute Gasteiger partial charge is 0.298 e. The first kappa shape index (κ1) is 16.1. The van der Waals surface area contributed by atoms with Gasteiger partial charge in [0.1, 0.15) is 17.5 Å². The van der Waals surface area contributed by atoms with Gasteiger partial charge in [-0.15, -0.1) is 0 Å². The molecule has 0 N–H and O–H groups in total. The Kier molecular flexibility index (Phi) is 5.89. The lowest BCUT2D eigenvalue weighted by atomic mass is 9.69. The lowest BCUT2D eigenvalue weighted by molar-refractivity contribution is -0.132. The lowest BCUT2D eigenvalue weighted by Gasteiger charge is -2.34. The summed E-state index contributed by atoms with van der Waals surface area (Å²) in [6, 6.07) is 0. The van der Waals surface area contributed by atoms with Crippen molar-refractivity contribution in [2.75, 3.05) is 6.54 Å². The molecule has 1 fully saturated rings. The van der Waals surface area contributed by atoms with Gasteiger partial charge < -0.3 is 0 Å². The monoisotopic (exact) mass is 265 g/mol. The Morgan fingerprint density at radius 1 is 1.26 bits per heavy atom. The molecule has 0 saturated heterocycles. The predicted molar refractivity (Wildman–Crippen MR) is 78.6 cm³/mol. The third-order valence-electron chi connectivity index (χ3n) is 3.61. The summed E-state index contributed by atoms with van der Waals surface area (Å²) in [5, 5.41) is 0. The van der Waals surface area contributed by atoms with Crippen LogP contribution in [0.4, 0.5) is 0 Å². The number of carbonyl (C=O) groups excluding carboxylic acids is 2. The SMILES string of the molecule is CCCCN=C1CC(C)(C)CC(=O)C1C(=O)CCC. The van der Waals surface area contributed by atoms with Crippen LogP contribution in [-0.4, -0.2) is 23.8 Å². The molecule has 0 aliphatic heterocycles. The molecule has 1 atom stereocenters. The molecule has 1 rings (SSSR count). The Bertz CT molecular complexity index is 369. The van der Waals surface area contributed by atoms with Gasteiger partial charge in [-0.2, -0.15) is 0 Å². The van der Waals surface area contributed by atoms with Gasteiger partial charge in [0.25, 0.3) is 0 Å². The molecule has 0 heterocycles. The number of rotatable bonds is 6. The summed E-state index contributed by atoms with van der Waals surface area (Å²) in [6.45, 7) is 9.01. The van der Waals surface area contributed by atoms with E-state index in [1.54, 1.807) is 0 Å². The molecule has 0 aromatic rings. The van der Waals surface area contributed by atoms with Crippen molar-refractivity contribution in [2.24, 2.45) is 16.3 Å². The molecular weight excluding hydrogens is 238 g/mol. The zero-order chi connectivity index (χ0) is 14.5. The van der Waals surface area contributed by atoms with E-state index in [1.165, 1.54) is 0 Å². The minimum absolute atomic E-state index is 0.0505. The van der Waals surface area contributed by atoms with Crippen LogP contribution in [0.3, 0.4) is 0 Å². The number of hydrogen-bond donors (Lipinski definition) is 0. The van der Waals surface area contributed by atoms with Gasteiger partial charge in [-0.1, -0.05) is 34.1 Å². The van der Waals surface area contributed by atoms with Crippen LogP contribution >= 0.6 is 0 Å². The molecule has 1 unspecified atom stereocenters. The number of aliphatic imine (C=N–C) groups is 1. The second kappa shape index (κ2) is 6.97. The van der Waals surface area contributed by atoms with Gasteiger partial charge >= 0.3 is 0 Å². The highest BCUT2D eigenvalue weighted by atomic mass is 16.2. The minimum Gasteiger partial charge on any atom is -0.298 e. The fourth-order valence-corrected chi connectivity index (χ4v) is 2.70. The van der Waals surface area contributed by atoms with Crippen molar-refractivity contribution in [3.8, 4) is 0 Å². The summed E-state index contributed by atoms with van der Waals surface area (Å²) < 4.78 is 0. The number of hydrogen-bond acceptors (Lipinski definition) is 3. The van der Waals surface area contributed by atoms with E-state index in [-0.39, 0.29) is 17.0 Å². The van der Waals surface area contributed by atoms with Gasteiger partial charge in [0, 0.05) is 25.1 Å². The van der Waals surface area contributed by atoms with Crippen LogP contribution in [0, 0.1) is 11.3 Å². The Morgan fingerprint density at radius 3 is 2.53 bits per heavy atom. The molecule has 1 aliphatic carbocycles. The van der Waals surface area contributed by atoms with E-state index in [2.05, 4.69) is 25.8 Å². The lowest BCUT2D eigenvalue weighted by Crippen LogP contribution is -2.42. The number of carbonyl (C=O) groups is 2. The van der Waals surface area contributed by atoms with Crippen molar-refractivity contribution < 1.29 is 9.59 Å². The zero-order valence-corrected chi connectivity index (χ0v) is 12.8. The molecule has 1 aliphatic rings. The molecule has 3 nitrogen and oxygen atoms in total. The molecular formula is C16H27NO2. The van der Waals surface area contributed by atoms with Crippen molar-refractivity contribution in [1.29, 1.82) is 0 Å². The van der Waals surface area contributed by atoms with E-state index in [0.29, 0.717) is 12.8 Å². The quantitative estimate of drug-likeness (QED) is 0.544. The first-order valence-electron chi connectivity index (χ1n) is 7.50. The maximum Gasteiger partial charge on any atom is 0.149 e. The van der Waals surface area contributed by atoms with E-state index < -0.39 is 5.92 Å². The average molecular weight is 265 g/mol. The molecule has 3 heteroatoms. The van der Waals surface area contributed by atoms with Crippen LogP contribution in [0.2, 0.25) is 0 Å². The Labute approximate surface area is 116 Å². The number of ketones is 2. The number of Topliss-reactive ketones (excluding diaryl/α,β-unsaturated/α-hetero) is 2. The van der Waals surface area contributed by atoms with Crippen LogP contribution in [0.15, 0.2) is 4.99 Å². The smallest absolute Gasteiger partial charge is 0.149 e. The number of nitrogens with zero attached hydrogens (tertiary/aromatic N) is 1. The topological polar surface area (TPSA) is 46.5 Å². The standard InChI is InChI=1S/C16H27NO2/c1-5-7-9-17-12-10-16(3,4)11-14(19)15(12)13(18)8-6-2/h15H,5-11H2,1-4H3. The summed E-state index contributed by atoms with van der Waals surface area (Å²) in [5.74, 6) is -0.395. The highest BCUT2D eigenvalue weighted by molar-refractivity contribution is 6.22. The maximum absolute atomic E-state index is 12.3. The molecule has 0 aromatic carbocycles. The summed E-state index contributed by atoms with van der Waals surface area (Å²) in [5.41, 5.74) is 0.790. The fraction of sp³-hybridized carbons (Fsp3) is 0.812. The number of unbranched alkanes of at least 4 members (excludes halogenated alkanes) is 1. The van der Waals surface area contributed by atoms with Crippen molar-refractivity contribution in [3.05, 3.63) is 0 Å². The Morgan fingerprint density at radius 2 is 1.95 bits per heavy atom. The third-order valence-corrected chi connectivity index (χ3v) is 3.61. The van der Waals surface area contributed by atoms with Crippen LogP contribution in [0.1, 0.15) is 66.2 Å². The predicted octanol–water partition coefficient (Wildman–Crippen LogP) is 3.60. The van der Waals surface area contributed by atoms with E-state index >= 15 is 0 Å². The van der Waals surface area contributed by atoms with Gasteiger partial charge in [0.15, 0.2) is 0 Å². The van der Waals surface area contributed by atoms with Crippen LogP contribution in [0.25, 0.3) is 0 Å². The summed E-state index contributed by atoms with van der Waals surface area (Å²) in [7, 11) is 0. The summed E-state index contributed by atoms with van der Waals surface area (Å²) in [4.78, 5) is 29.0. The van der Waals surface area contributed by atoms with Gasteiger partial charge in [0.2, 0.25) is 0 Å². The maximum atomic E-state index is 12.3. The fourth-order valence-electron chi connectivity index (χ4n) is 2.70. The second-order valence-electron chi connectivity index (χ2n) is 6.36. The Balaban J connectivity index is 2.92. The summed E-state index contributed by atoms with van der Waals surface area (Å²) in [6.07, 6.45) is 4.68. The van der Waals surface area contributed by atoms with Crippen molar-refractivity contribution in [2.45, 2.75) is 66.2 Å². The summed E-state index contributed by atoms with van der Waals surface area (Å²) >= 11 is 0. The molecule has 0 aromatic heterocycles. The normalized spacial score (nSPS) is 24.7. The molecule has 0 spiro atoms. The van der Waals surface area contributed by atoms with E-state index in [9.17, 15) is 9.59 Å². The van der Waals surface area contributed by atoms with E-state index in [0.717, 1.165) is 37.9 Å². The van der Waals surface area contributed by atoms with E-state index in [1.807, 2.05) is 6.92 Å². The van der Waals surface area contributed by atoms with Gasteiger partial charge in [-0.3, -0.25) is 14.6 Å². The first-order valence-corrected chi connectivity index (χ1v) is 7.50. The average Bonchev–Trinajstić information content (AvgIpc) is 2.27. The van der Waals surface area contributed by atoms with Crippen LogP contribution < -0.4 is 0 Å². The van der Waals surface area contributed by atoms with Gasteiger partial charge in [0.05, 0.1) is 0 Å². The minimum atomic E-state index is -0.537. The van der Waals surface area contributed by atoms with Crippen molar-refractivity contribution in [1.82, 2.24) is 0 Å².